The van der Waals surface area contributed by atoms with E-state index in [-0.39, 0.29) is 89.8 Å². The number of rotatable bonds is 0. The van der Waals surface area contributed by atoms with Gasteiger partial charge >= 0.3 is 15.7 Å². The second kappa shape index (κ2) is 9.43. The Hall–Kier alpha value is -5.79. The van der Waals surface area contributed by atoms with Crippen LogP contribution in [0.25, 0.3) is 21.5 Å². The fourth-order valence-corrected chi connectivity index (χ4v) is 7.82. The molecule has 0 amide bonds. The summed E-state index contributed by atoms with van der Waals surface area (Å²) in [6, 6.07) is 6.94. The van der Waals surface area contributed by atoms with Gasteiger partial charge in [0.2, 0.25) is 0 Å². The number of aliphatic imine (C=N–C) groups is 4. The van der Waals surface area contributed by atoms with Gasteiger partial charge in [-0.1, -0.05) is 0 Å². The molecule has 0 atom stereocenters. The molecule has 0 saturated carbocycles. The predicted molar refractivity (Wildman–Crippen MR) is 161 cm³/mol. The molecule has 4 aliphatic heterocycles. The third kappa shape index (κ3) is 3.79. The van der Waals surface area contributed by atoms with Gasteiger partial charge in [0.1, 0.15) is 22.6 Å². The Balaban J connectivity index is 1.47. The summed E-state index contributed by atoms with van der Waals surface area (Å²) >= 11 is -1.48. The summed E-state index contributed by atoms with van der Waals surface area (Å²) in [5.74, 6) is -10.6. The highest BCUT2D eigenvalue weighted by Gasteiger charge is 2.32. The summed E-state index contributed by atoms with van der Waals surface area (Å²) in [4.78, 5) is 27.4. The van der Waals surface area contributed by atoms with Gasteiger partial charge in [0.25, 0.3) is 0 Å². The van der Waals surface area contributed by atoms with E-state index in [0.29, 0.717) is 0 Å². The van der Waals surface area contributed by atoms with Crippen LogP contribution in [-0.4, -0.2) is 46.1 Å². The lowest BCUT2D eigenvalue weighted by Gasteiger charge is -2.11. The van der Waals surface area contributed by atoms with Gasteiger partial charge in [0.15, 0.2) is 69.9 Å². The third-order valence-corrected chi connectivity index (χ3v) is 10.0. The molecule has 0 aliphatic carbocycles. The summed E-state index contributed by atoms with van der Waals surface area (Å²) in [5, 5.41) is 0.0716. The minimum absolute atomic E-state index is 0.0100. The molecule has 8 nitrogen and oxygen atoms in total. The van der Waals surface area contributed by atoms with Crippen LogP contribution in [0, 0.1) is 46.5 Å². The predicted octanol–water partition coefficient (Wildman–Crippen LogP) is 5.58. The number of nitrogens with zero attached hydrogens (tertiary/aromatic N) is 8. The monoisotopic (exact) mass is 683 g/mol. The Kier molecular flexibility index (Phi) is 5.43. The van der Waals surface area contributed by atoms with E-state index in [1.54, 1.807) is 0 Å². The molecule has 6 bridgehead atoms. The van der Waals surface area contributed by atoms with Crippen molar-refractivity contribution < 1.29 is 35.1 Å². The fourth-order valence-electron chi connectivity index (χ4n) is 6.36. The molecular formula is C32H8AlF8N8. The Morgan fingerprint density at radius 3 is 1.02 bits per heavy atom. The van der Waals surface area contributed by atoms with Crippen molar-refractivity contribution >= 4 is 72.2 Å². The lowest BCUT2D eigenvalue weighted by Crippen LogP contribution is -2.36. The molecule has 6 heterocycles. The molecule has 10 rings (SSSR count). The number of hydrogen-bond acceptors (Lipinski definition) is 6. The minimum atomic E-state index is -1.48. The number of aromatic nitrogens is 2. The maximum Gasteiger partial charge on any atom is 0.568 e. The van der Waals surface area contributed by atoms with Crippen LogP contribution in [0.1, 0.15) is 22.3 Å². The Labute approximate surface area is 272 Å². The highest BCUT2D eigenvalue weighted by molar-refractivity contribution is 6.37. The molecule has 1 radical (unpaired) electrons. The van der Waals surface area contributed by atoms with Crippen molar-refractivity contribution in [3.63, 3.8) is 0 Å². The number of fused-ring (bicyclic) bond motifs is 14. The maximum absolute atomic E-state index is 14.9. The van der Waals surface area contributed by atoms with Crippen molar-refractivity contribution in [3.8, 4) is 0 Å². The van der Waals surface area contributed by atoms with Crippen LogP contribution in [-0.2, 0) is 0 Å². The van der Waals surface area contributed by atoms with E-state index in [2.05, 4.69) is 30.0 Å². The SMILES string of the molecule is Fc1cc2c(cc1F)C1=Nc3c4cc(F)c(F)cc4c4[n]3[Al][n]3c(c5cc(F)c(F)cc5c3=NC3=NC(=N4)c4cc(F)c(F)cc43)=NC2=N1. The maximum atomic E-state index is 14.9. The number of hydrogen-bond donors (Lipinski definition) is 0. The van der Waals surface area contributed by atoms with Crippen LogP contribution < -0.4 is 11.0 Å². The van der Waals surface area contributed by atoms with Gasteiger partial charge < -0.3 is 7.10 Å². The van der Waals surface area contributed by atoms with Gasteiger partial charge in [-0.25, -0.2) is 65.1 Å². The Bertz CT molecular complexity index is 2710. The first kappa shape index (κ1) is 28.2. The molecule has 0 N–H and O–H groups in total. The molecule has 0 spiro atoms. The zero-order valence-electron chi connectivity index (χ0n) is 23.8. The summed E-state index contributed by atoms with van der Waals surface area (Å²) in [7, 11) is 0. The van der Waals surface area contributed by atoms with E-state index in [1.807, 2.05) is 0 Å². The summed E-state index contributed by atoms with van der Waals surface area (Å²) < 4.78 is 121. The topological polar surface area (TPSA) is 84.0 Å². The van der Waals surface area contributed by atoms with E-state index in [0.717, 1.165) is 48.5 Å². The van der Waals surface area contributed by atoms with E-state index in [4.69, 9.17) is 0 Å². The molecular weight excluding hydrogens is 675 g/mol. The van der Waals surface area contributed by atoms with Gasteiger partial charge in [-0.2, -0.15) is 0 Å². The lowest BCUT2D eigenvalue weighted by molar-refractivity contribution is 0.508. The van der Waals surface area contributed by atoms with Crippen molar-refractivity contribution in [2.45, 2.75) is 0 Å². The first-order valence-corrected chi connectivity index (χ1v) is 15.3. The van der Waals surface area contributed by atoms with Crippen LogP contribution in [0.3, 0.4) is 0 Å². The quantitative estimate of drug-likeness (QED) is 0.148. The van der Waals surface area contributed by atoms with Crippen LogP contribution in [0.15, 0.2) is 78.5 Å². The fraction of sp³-hybridized carbons (Fsp3) is 0. The normalized spacial score (nSPS) is 15.1. The van der Waals surface area contributed by atoms with Crippen molar-refractivity contribution in [2.24, 2.45) is 30.0 Å². The van der Waals surface area contributed by atoms with Crippen molar-refractivity contribution in [2.75, 3.05) is 0 Å². The molecule has 2 aromatic heterocycles. The van der Waals surface area contributed by atoms with E-state index < -0.39 is 62.2 Å². The number of halogens is 8. The smallest absolute Gasteiger partial charge is 0.389 e. The Morgan fingerprint density at radius 1 is 0.347 bits per heavy atom. The van der Waals surface area contributed by atoms with Crippen LogP contribution >= 0.6 is 0 Å². The van der Waals surface area contributed by atoms with Gasteiger partial charge in [-0.3, -0.25) is 0 Å². The summed E-state index contributed by atoms with van der Waals surface area (Å²) in [6.45, 7) is 0. The zero-order chi connectivity index (χ0) is 33.6. The summed E-state index contributed by atoms with van der Waals surface area (Å²) in [5.41, 5.74) is -0.0690. The molecule has 4 aliphatic rings. The van der Waals surface area contributed by atoms with Crippen LogP contribution in [0.4, 0.5) is 46.8 Å². The average molecular weight is 683 g/mol. The highest BCUT2D eigenvalue weighted by Crippen LogP contribution is 2.41. The standard InChI is InChI=1S/C32H8F8N8.Al/c33-17-1-9-10(2-18(17)34)26-41-25(9)45-27-11-3-19(35)20(36)4-12(11)29(42-27)47-31-15-7-23(39)24(40)8-16(15)32(44-31)48-30-14-6-22(38)21(37)5-13(14)28(43-30)46-26;/h1-8H;/q-2;+2. The molecule has 4 aromatic carbocycles. The summed E-state index contributed by atoms with van der Waals surface area (Å²) in [6.07, 6.45) is 0. The minimum Gasteiger partial charge on any atom is -0.389 e. The highest BCUT2D eigenvalue weighted by atomic mass is 27.1. The van der Waals surface area contributed by atoms with E-state index in [9.17, 15) is 35.1 Å². The van der Waals surface area contributed by atoms with Crippen LogP contribution in [0.2, 0.25) is 0 Å². The van der Waals surface area contributed by atoms with E-state index >= 15 is 0 Å². The molecule has 0 saturated heterocycles. The van der Waals surface area contributed by atoms with Gasteiger partial charge in [0, 0.05) is 43.8 Å². The Morgan fingerprint density at radius 2 is 0.653 bits per heavy atom. The second-order valence-corrected chi connectivity index (χ2v) is 12.6. The average Bonchev–Trinajstić information content (AvgIpc) is 3.72. The first-order chi connectivity index (χ1) is 23.5. The van der Waals surface area contributed by atoms with Gasteiger partial charge in [0.05, 0.1) is 0 Å². The zero-order valence-corrected chi connectivity index (χ0v) is 25.0. The number of amidine groups is 4. The molecule has 235 valence electrons. The van der Waals surface area contributed by atoms with Gasteiger partial charge in [-0.05, 0) is 48.5 Å². The first-order valence-electron chi connectivity index (χ1n) is 14.2. The van der Waals surface area contributed by atoms with E-state index in [1.165, 1.54) is 7.10 Å². The largest absolute Gasteiger partial charge is 0.568 e. The van der Waals surface area contributed by atoms with Crippen LogP contribution in [0.5, 0.6) is 0 Å². The molecule has 6 aromatic rings. The molecule has 0 unspecified atom stereocenters. The van der Waals surface area contributed by atoms with Gasteiger partial charge in [-0.15, -0.1) is 0 Å². The molecule has 0 fully saturated rings. The third-order valence-electron chi connectivity index (χ3n) is 8.58. The second-order valence-electron chi connectivity index (χ2n) is 11.4. The lowest BCUT2D eigenvalue weighted by atomic mass is 10.1. The van der Waals surface area contributed by atoms with Crippen molar-refractivity contribution in [1.29, 1.82) is 0 Å². The number of benzene rings is 4. The van der Waals surface area contributed by atoms with Crippen molar-refractivity contribution in [3.05, 3.63) is 128 Å². The van der Waals surface area contributed by atoms with Crippen molar-refractivity contribution in [1.82, 2.24) is 7.10 Å². The molecule has 49 heavy (non-hydrogen) atoms. The molecule has 17 heteroatoms.